The normalized spacial score (nSPS) is 20.0. The minimum atomic E-state index is -0.196. The van der Waals surface area contributed by atoms with Gasteiger partial charge in [0.1, 0.15) is 5.69 Å². The third kappa shape index (κ3) is 3.35. The largest absolute Gasteiger partial charge is 0.449 e. The molecule has 2 aliphatic rings. The summed E-state index contributed by atoms with van der Waals surface area (Å²) in [5.74, 6) is 0.509. The van der Waals surface area contributed by atoms with E-state index in [0.717, 1.165) is 37.7 Å². The number of carbonyl (C=O) groups is 2. The molecular formula is C21H21N5O3. The number of likely N-dealkylation sites (tertiary alicyclic amines) is 1. The molecule has 0 aromatic carbocycles. The Kier molecular flexibility index (Phi) is 4.26. The average molecular weight is 391 g/mol. The second-order valence-corrected chi connectivity index (χ2v) is 7.88. The molecule has 29 heavy (non-hydrogen) atoms. The van der Waals surface area contributed by atoms with Gasteiger partial charge in [-0.1, -0.05) is 0 Å². The zero-order chi connectivity index (χ0) is 19.8. The fraction of sp³-hybridized carbons (Fsp3) is 0.381. The minimum absolute atomic E-state index is 0.0576. The number of furan rings is 1. The van der Waals surface area contributed by atoms with Crippen molar-refractivity contribution in [1.29, 1.82) is 0 Å². The van der Waals surface area contributed by atoms with Crippen LogP contribution in [0.25, 0.3) is 11.0 Å². The zero-order valence-corrected chi connectivity index (χ0v) is 15.9. The molecule has 3 aromatic rings. The number of pyridine rings is 1. The van der Waals surface area contributed by atoms with Crippen LogP contribution < -0.4 is 5.32 Å². The SMILES string of the molecule is O=C(NCC1CC12CCN(C(=O)c1cnccn1)CC2)c1cc2ccncc2o1. The van der Waals surface area contributed by atoms with Gasteiger partial charge in [-0.05, 0) is 42.7 Å². The number of nitrogens with one attached hydrogen (secondary N) is 1. The van der Waals surface area contributed by atoms with Crippen molar-refractivity contribution in [3.8, 4) is 0 Å². The van der Waals surface area contributed by atoms with Gasteiger partial charge in [0.2, 0.25) is 0 Å². The smallest absolute Gasteiger partial charge is 0.287 e. The first-order valence-electron chi connectivity index (χ1n) is 9.82. The molecule has 1 aliphatic carbocycles. The number of fused-ring (bicyclic) bond motifs is 1. The van der Waals surface area contributed by atoms with Gasteiger partial charge in [-0.15, -0.1) is 0 Å². The lowest BCUT2D eigenvalue weighted by Crippen LogP contribution is -2.40. The van der Waals surface area contributed by atoms with E-state index in [9.17, 15) is 9.59 Å². The van der Waals surface area contributed by atoms with Crippen LogP contribution in [-0.4, -0.2) is 51.3 Å². The third-order valence-electron chi connectivity index (χ3n) is 6.24. The predicted octanol–water partition coefficient (Wildman–Crippen LogP) is 2.29. The Bertz CT molecular complexity index is 1020. The summed E-state index contributed by atoms with van der Waals surface area (Å²) < 4.78 is 5.57. The number of nitrogens with zero attached hydrogens (tertiary/aromatic N) is 4. The van der Waals surface area contributed by atoms with Crippen LogP contribution in [0.5, 0.6) is 0 Å². The number of carbonyl (C=O) groups excluding carboxylic acids is 2. The summed E-state index contributed by atoms with van der Waals surface area (Å²) in [7, 11) is 0. The van der Waals surface area contributed by atoms with Crippen LogP contribution in [0.1, 0.15) is 40.3 Å². The van der Waals surface area contributed by atoms with Gasteiger partial charge in [-0.2, -0.15) is 0 Å². The van der Waals surface area contributed by atoms with Gasteiger partial charge in [0.15, 0.2) is 11.3 Å². The molecule has 2 amide bonds. The summed E-state index contributed by atoms with van der Waals surface area (Å²) in [6.45, 7) is 2.07. The molecule has 1 N–H and O–H groups in total. The van der Waals surface area contributed by atoms with Crippen molar-refractivity contribution in [1.82, 2.24) is 25.2 Å². The molecule has 1 aliphatic heterocycles. The fourth-order valence-corrected chi connectivity index (χ4v) is 4.36. The standard InChI is InChI=1S/C21H21N5O3/c27-19(17-9-14-1-4-22-13-18(14)29-17)25-11-15-10-21(15)2-7-26(8-3-21)20(28)16-12-23-5-6-24-16/h1,4-6,9,12-13,15H,2-3,7-8,10-11H2,(H,25,27). The van der Waals surface area contributed by atoms with Gasteiger partial charge in [0.05, 0.1) is 12.4 Å². The predicted molar refractivity (Wildman–Crippen MR) is 104 cm³/mol. The van der Waals surface area contributed by atoms with Crippen molar-refractivity contribution in [2.75, 3.05) is 19.6 Å². The number of rotatable bonds is 4. The van der Waals surface area contributed by atoms with Crippen molar-refractivity contribution in [3.05, 3.63) is 54.6 Å². The highest BCUT2D eigenvalue weighted by Crippen LogP contribution is 2.59. The van der Waals surface area contributed by atoms with Crippen LogP contribution >= 0.6 is 0 Å². The number of hydrogen-bond donors (Lipinski definition) is 1. The quantitative estimate of drug-likeness (QED) is 0.732. The van der Waals surface area contributed by atoms with Gasteiger partial charge in [-0.25, -0.2) is 4.98 Å². The summed E-state index contributed by atoms with van der Waals surface area (Å²) in [4.78, 5) is 38.9. The molecule has 3 aromatic heterocycles. The Balaban J connectivity index is 1.14. The molecular weight excluding hydrogens is 370 g/mol. The van der Waals surface area contributed by atoms with Crippen LogP contribution in [0.15, 0.2) is 47.5 Å². The molecule has 4 heterocycles. The Hall–Kier alpha value is -3.29. The highest BCUT2D eigenvalue weighted by atomic mass is 16.3. The topological polar surface area (TPSA) is 101 Å². The highest BCUT2D eigenvalue weighted by molar-refractivity contribution is 5.96. The lowest BCUT2D eigenvalue weighted by molar-refractivity contribution is 0.0662. The molecule has 0 radical (unpaired) electrons. The Labute approximate surface area is 167 Å². The number of amides is 2. The molecule has 8 heteroatoms. The van der Waals surface area contributed by atoms with Crippen LogP contribution in [0.2, 0.25) is 0 Å². The molecule has 1 saturated heterocycles. The first-order valence-corrected chi connectivity index (χ1v) is 9.82. The molecule has 0 bridgehead atoms. The van der Waals surface area contributed by atoms with E-state index < -0.39 is 0 Å². The van der Waals surface area contributed by atoms with E-state index in [-0.39, 0.29) is 17.2 Å². The van der Waals surface area contributed by atoms with Crippen molar-refractivity contribution < 1.29 is 14.0 Å². The maximum atomic E-state index is 12.5. The molecule has 1 spiro atoms. The van der Waals surface area contributed by atoms with Crippen LogP contribution in [0.3, 0.4) is 0 Å². The zero-order valence-electron chi connectivity index (χ0n) is 15.9. The van der Waals surface area contributed by atoms with E-state index >= 15 is 0 Å². The summed E-state index contributed by atoms with van der Waals surface area (Å²) >= 11 is 0. The monoisotopic (exact) mass is 391 g/mol. The van der Waals surface area contributed by atoms with Crippen LogP contribution in [0, 0.1) is 11.3 Å². The van der Waals surface area contributed by atoms with Crippen molar-refractivity contribution in [2.24, 2.45) is 11.3 Å². The van der Waals surface area contributed by atoms with Crippen LogP contribution in [-0.2, 0) is 0 Å². The van der Waals surface area contributed by atoms with Crippen molar-refractivity contribution >= 4 is 22.8 Å². The van der Waals surface area contributed by atoms with Gasteiger partial charge in [-0.3, -0.25) is 19.6 Å². The van der Waals surface area contributed by atoms with E-state index in [1.807, 2.05) is 11.0 Å². The lowest BCUT2D eigenvalue weighted by atomic mass is 9.90. The molecule has 8 nitrogen and oxygen atoms in total. The Morgan fingerprint density at radius 1 is 1.17 bits per heavy atom. The van der Waals surface area contributed by atoms with Gasteiger partial charge in [0.25, 0.3) is 11.8 Å². The van der Waals surface area contributed by atoms with E-state index in [0.29, 0.717) is 29.5 Å². The Morgan fingerprint density at radius 2 is 2.00 bits per heavy atom. The fourth-order valence-electron chi connectivity index (χ4n) is 4.36. The summed E-state index contributed by atoms with van der Waals surface area (Å²) in [5, 5.41) is 3.87. The van der Waals surface area contributed by atoms with Gasteiger partial charge < -0.3 is 14.6 Å². The second kappa shape index (κ2) is 6.95. The number of piperidine rings is 1. The first-order chi connectivity index (χ1) is 14.1. The average Bonchev–Trinajstić information content (AvgIpc) is 3.24. The molecule has 5 rings (SSSR count). The number of aromatic nitrogens is 3. The highest BCUT2D eigenvalue weighted by Gasteiger charge is 2.54. The van der Waals surface area contributed by atoms with Gasteiger partial charge >= 0.3 is 0 Å². The molecule has 2 fully saturated rings. The summed E-state index contributed by atoms with van der Waals surface area (Å²) in [6.07, 6.45) is 10.9. The summed E-state index contributed by atoms with van der Waals surface area (Å²) in [5.41, 5.74) is 1.24. The van der Waals surface area contributed by atoms with Crippen LogP contribution in [0.4, 0.5) is 0 Å². The molecule has 148 valence electrons. The lowest BCUT2D eigenvalue weighted by Gasteiger charge is -2.32. The van der Waals surface area contributed by atoms with E-state index in [1.54, 1.807) is 24.7 Å². The van der Waals surface area contributed by atoms with Crippen molar-refractivity contribution in [2.45, 2.75) is 19.3 Å². The van der Waals surface area contributed by atoms with Gasteiger partial charge in [0, 0.05) is 43.6 Å². The molecule has 1 saturated carbocycles. The Morgan fingerprint density at radius 3 is 2.76 bits per heavy atom. The first kappa shape index (κ1) is 17.8. The maximum Gasteiger partial charge on any atom is 0.287 e. The summed E-state index contributed by atoms with van der Waals surface area (Å²) in [6, 6.07) is 3.56. The third-order valence-corrected chi connectivity index (χ3v) is 6.24. The molecule has 1 atom stereocenters. The van der Waals surface area contributed by atoms with E-state index in [2.05, 4.69) is 20.3 Å². The molecule has 1 unspecified atom stereocenters. The number of hydrogen-bond acceptors (Lipinski definition) is 6. The maximum absolute atomic E-state index is 12.5. The second-order valence-electron chi connectivity index (χ2n) is 7.88. The minimum Gasteiger partial charge on any atom is -0.449 e. The van der Waals surface area contributed by atoms with Crippen molar-refractivity contribution in [3.63, 3.8) is 0 Å². The van der Waals surface area contributed by atoms with E-state index in [1.165, 1.54) is 12.4 Å². The van der Waals surface area contributed by atoms with E-state index in [4.69, 9.17) is 4.42 Å².